The summed E-state index contributed by atoms with van der Waals surface area (Å²) in [5.74, 6) is -0.336. The molecule has 4 aromatic rings. The predicted molar refractivity (Wildman–Crippen MR) is 115 cm³/mol. The highest BCUT2D eigenvalue weighted by Crippen LogP contribution is 2.30. The van der Waals surface area contributed by atoms with Gasteiger partial charge < -0.3 is 5.32 Å². The molecule has 0 aliphatic carbocycles. The van der Waals surface area contributed by atoms with E-state index < -0.39 is 6.04 Å². The topological polar surface area (TPSA) is 76.9 Å². The molecule has 2 aromatic heterocycles. The number of hydrogen-bond donors (Lipinski definition) is 1. The van der Waals surface area contributed by atoms with Crippen molar-refractivity contribution in [3.63, 3.8) is 0 Å². The third-order valence-electron chi connectivity index (χ3n) is 4.30. The molecule has 140 valence electrons. The number of fused-ring (bicyclic) bond motifs is 1. The Bertz CT molecular complexity index is 1200. The van der Waals surface area contributed by atoms with Crippen LogP contribution < -0.4 is 10.9 Å². The van der Waals surface area contributed by atoms with Gasteiger partial charge in [0.25, 0.3) is 5.56 Å². The van der Waals surface area contributed by atoms with Crippen LogP contribution in [0.3, 0.4) is 0 Å². The summed E-state index contributed by atoms with van der Waals surface area (Å²) in [6.07, 6.45) is 0. The van der Waals surface area contributed by atoms with Gasteiger partial charge in [-0.2, -0.15) is 4.68 Å². The third-order valence-corrected chi connectivity index (χ3v) is 5.90. The predicted octanol–water partition coefficient (Wildman–Crippen LogP) is 4.48. The zero-order valence-corrected chi connectivity index (χ0v) is 17.2. The molecule has 4 rings (SSSR count). The largest absolute Gasteiger partial charge is 0.324 e. The summed E-state index contributed by atoms with van der Waals surface area (Å²) >= 11 is 4.76. The lowest BCUT2D eigenvalue weighted by Crippen LogP contribution is -2.33. The maximum atomic E-state index is 12.9. The van der Waals surface area contributed by atoms with Crippen LogP contribution in [0.15, 0.2) is 69.9 Å². The molecule has 2 heterocycles. The van der Waals surface area contributed by atoms with Crippen molar-refractivity contribution in [3.05, 3.63) is 75.5 Å². The first-order valence-corrected chi connectivity index (χ1v) is 10.1. The van der Waals surface area contributed by atoms with Crippen molar-refractivity contribution in [1.29, 1.82) is 0 Å². The lowest BCUT2D eigenvalue weighted by atomic mass is 10.2. The van der Waals surface area contributed by atoms with Gasteiger partial charge in [0.15, 0.2) is 4.83 Å². The van der Waals surface area contributed by atoms with Crippen LogP contribution in [0, 0.1) is 0 Å². The van der Waals surface area contributed by atoms with E-state index in [0.29, 0.717) is 15.9 Å². The molecule has 0 bridgehead atoms. The third kappa shape index (κ3) is 3.61. The number of carbonyl (C=O) groups is 1. The number of halogens is 1. The average molecular weight is 455 g/mol. The maximum absolute atomic E-state index is 12.9. The molecule has 1 atom stereocenters. The van der Waals surface area contributed by atoms with Gasteiger partial charge >= 0.3 is 0 Å². The molecule has 0 saturated carbocycles. The van der Waals surface area contributed by atoms with Gasteiger partial charge in [-0.05, 0) is 42.8 Å². The van der Waals surface area contributed by atoms with Gasteiger partial charge in [-0.1, -0.05) is 51.5 Å². The maximum Gasteiger partial charge on any atom is 0.279 e. The van der Waals surface area contributed by atoms with Crippen molar-refractivity contribution in [2.75, 3.05) is 5.32 Å². The molecule has 0 saturated heterocycles. The van der Waals surface area contributed by atoms with E-state index in [4.69, 9.17) is 0 Å². The molecule has 0 aliphatic rings. The first kappa shape index (κ1) is 18.5. The normalized spacial score (nSPS) is 12.1. The average Bonchev–Trinajstić information content (AvgIpc) is 3.15. The van der Waals surface area contributed by atoms with Gasteiger partial charge in [0.1, 0.15) is 6.04 Å². The summed E-state index contributed by atoms with van der Waals surface area (Å²) in [6, 6.07) is 18.0. The minimum Gasteiger partial charge on any atom is -0.324 e. The Morgan fingerprint density at radius 3 is 2.57 bits per heavy atom. The van der Waals surface area contributed by atoms with E-state index in [1.54, 1.807) is 19.1 Å². The van der Waals surface area contributed by atoms with Gasteiger partial charge in [0.2, 0.25) is 5.91 Å². The van der Waals surface area contributed by atoms with E-state index in [-0.39, 0.29) is 11.5 Å². The molecule has 8 heteroatoms. The van der Waals surface area contributed by atoms with E-state index in [0.717, 1.165) is 19.6 Å². The van der Waals surface area contributed by atoms with Crippen molar-refractivity contribution in [2.45, 2.75) is 13.0 Å². The smallest absolute Gasteiger partial charge is 0.279 e. The second kappa shape index (κ2) is 7.65. The highest BCUT2D eigenvalue weighted by molar-refractivity contribution is 9.10. The fourth-order valence-corrected chi connectivity index (χ4v) is 3.99. The van der Waals surface area contributed by atoms with Gasteiger partial charge in [-0.15, -0.1) is 16.4 Å². The highest BCUT2D eigenvalue weighted by Gasteiger charge is 2.20. The molecule has 1 amide bonds. The van der Waals surface area contributed by atoms with E-state index in [1.165, 1.54) is 11.3 Å². The Kier molecular flexibility index (Phi) is 5.06. The number of carbonyl (C=O) groups excluding carboxylic acids is 1. The SMILES string of the molecule is CC(C(=O)Nc1ccc(Br)cc1)n1nnc2sc(-c3ccccc3)cc2c1=O. The molecule has 1 unspecified atom stereocenters. The summed E-state index contributed by atoms with van der Waals surface area (Å²) in [7, 11) is 0. The molecule has 0 radical (unpaired) electrons. The molecule has 1 N–H and O–H groups in total. The van der Waals surface area contributed by atoms with Crippen LogP contribution in [0.2, 0.25) is 0 Å². The Morgan fingerprint density at radius 2 is 1.86 bits per heavy atom. The molecule has 28 heavy (non-hydrogen) atoms. The molecule has 0 aliphatic heterocycles. The number of anilines is 1. The summed E-state index contributed by atoms with van der Waals surface area (Å²) in [5.41, 5.74) is 1.32. The quantitative estimate of drug-likeness (QED) is 0.492. The standard InChI is InChI=1S/C20H15BrN4O2S/c1-12(18(26)22-15-9-7-14(21)8-10-15)25-20(27)16-11-17(28-19(16)23-24-25)13-5-3-2-4-6-13/h2-12H,1H3,(H,22,26). The van der Waals surface area contributed by atoms with E-state index in [9.17, 15) is 9.59 Å². The fourth-order valence-electron chi connectivity index (χ4n) is 2.75. The van der Waals surface area contributed by atoms with Gasteiger partial charge in [0, 0.05) is 15.0 Å². The number of hydrogen-bond acceptors (Lipinski definition) is 5. The van der Waals surface area contributed by atoms with Crippen molar-refractivity contribution < 1.29 is 4.79 Å². The monoisotopic (exact) mass is 454 g/mol. The molecule has 0 fully saturated rings. The van der Waals surface area contributed by atoms with Gasteiger partial charge in [-0.25, -0.2) is 0 Å². The number of amides is 1. The second-order valence-electron chi connectivity index (χ2n) is 6.21. The van der Waals surface area contributed by atoms with Crippen LogP contribution in [0.25, 0.3) is 20.7 Å². The van der Waals surface area contributed by atoms with Crippen molar-refractivity contribution in [2.24, 2.45) is 0 Å². The van der Waals surface area contributed by atoms with Crippen LogP contribution in [-0.2, 0) is 4.79 Å². The Hall–Kier alpha value is -2.84. The number of nitrogens with zero attached hydrogens (tertiary/aromatic N) is 3. The molecular weight excluding hydrogens is 440 g/mol. The van der Waals surface area contributed by atoms with Crippen molar-refractivity contribution in [3.8, 4) is 10.4 Å². The molecule has 2 aromatic carbocycles. The number of aromatic nitrogens is 3. The lowest BCUT2D eigenvalue weighted by molar-refractivity contribution is -0.119. The van der Waals surface area contributed by atoms with Gasteiger partial charge in [-0.3, -0.25) is 9.59 Å². The molecule has 0 spiro atoms. The first-order chi connectivity index (χ1) is 13.5. The van der Waals surface area contributed by atoms with Crippen molar-refractivity contribution in [1.82, 2.24) is 15.0 Å². The minimum absolute atomic E-state index is 0.332. The van der Waals surface area contributed by atoms with Crippen LogP contribution in [0.4, 0.5) is 5.69 Å². The molecular formula is C20H15BrN4O2S. The summed E-state index contributed by atoms with van der Waals surface area (Å²) in [4.78, 5) is 27.0. The first-order valence-electron chi connectivity index (χ1n) is 8.54. The summed E-state index contributed by atoms with van der Waals surface area (Å²) in [5, 5.41) is 11.4. The zero-order chi connectivity index (χ0) is 19.7. The molecule has 6 nitrogen and oxygen atoms in total. The Morgan fingerprint density at radius 1 is 1.14 bits per heavy atom. The summed E-state index contributed by atoms with van der Waals surface area (Å²) < 4.78 is 2.04. The zero-order valence-electron chi connectivity index (χ0n) is 14.8. The van der Waals surface area contributed by atoms with Crippen LogP contribution in [0.1, 0.15) is 13.0 Å². The minimum atomic E-state index is -0.798. The van der Waals surface area contributed by atoms with E-state index >= 15 is 0 Å². The van der Waals surface area contributed by atoms with Gasteiger partial charge in [0.05, 0.1) is 5.39 Å². The second-order valence-corrected chi connectivity index (χ2v) is 8.15. The van der Waals surface area contributed by atoms with Crippen LogP contribution >= 0.6 is 27.3 Å². The van der Waals surface area contributed by atoms with Crippen LogP contribution in [0.5, 0.6) is 0 Å². The van der Waals surface area contributed by atoms with Crippen molar-refractivity contribution >= 4 is 49.1 Å². The number of thiophene rings is 1. The van der Waals surface area contributed by atoms with Crippen LogP contribution in [-0.4, -0.2) is 20.9 Å². The number of nitrogens with one attached hydrogen (secondary N) is 1. The van der Waals surface area contributed by atoms with E-state index in [1.807, 2.05) is 48.5 Å². The fraction of sp³-hybridized carbons (Fsp3) is 0.100. The highest BCUT2D eigenvalue weighted by atomic mass is 79.9. The lowest BCUT2D eigenvalue weighted by Gasteiger charge is -2.13. The van der Waals surface area contributed by atoms with E-state index in [2.05, 4.69) is 31.6 Å². The number of benzene rings is 2. The Balaban J connectivity index is 1.64. The number of rotatable bonds is 4. The summed E-state index contributed by atoms with van der Waals surface area (Å²) in [6.45, 7) is 1.63. The Labute approximate surface area is 173 Å².